The van der Waals surface area contributed by atoms with Crippen LogP contribution in [0.2, 0.25) is 0 Å². The molecule has 0 aliphatic carbocycles. The Morgan fingerprint density at radius 1 is 0.966 bits per heavy atom. The van der Waals surface area contributed by atoms with Crippen molar-refractivity contribution in [1.29, 1.82) is 0 Å². The first kappa shape index (κ1) is 19.4. The van der Waals surface area contributed by atoms with Gasteiger partial charge in [-0.3, -0.25) is 4.90 Å². The number of hydrogen-bond donors (Lipinski definition) is 1. The van der Waals surface area contributed by atoms with Gasteiger partial charge in [0.1, 0.15) is 0 Å². The maximum absolute atomic E-state index is 11.6. The third kappa shape index (κ3) is 3.83. The largest absolute Gasteiger partial charge is 0.465 e. The molecule has 4 rings (SSSR count). The van der Waals surface area contributed by atoms with Crippen molar-refractivity contribution in [2.45, 2.75) is 0 Å². The van der Waals surface area contributed by atoms with E-state index in [1.807, 2.05) is 28.0 Å². The van der Waals surface area contributed by atoms with Gasteiger partial charge in [-0.1, -0.05) is 12.1 Å². The number of piperazine rings is 1. The van der Waals surface area contributed by atoms with Gasteiger partial charge < -0.3 is 14.9 Å². The Hall–Kier alpha value is -2.92. The Balaban J connectivity index is 1.52. The fourth-order valence-corrected chi connectivity index (χ4v) is 4.49. The number of hydrogen-bond acceptors (Lipinski definition) is 7. The number of fused-ring (bicyclic) bond motifs is 1. The summed E-state index contributed by atoms with van der Waals surface area (Å²) in [6.45, 7) is 2.74. The van der Waals surface area contributed by atoms with Crippen molar-refractivity contribution >= 4 is 39.1 Å². The van der Waals surface area contributed by atoms with Crippen LogP contribution in [-0.4, -0.2) is 79.4 Å². The highest BCUT2D eigenvalue weighted by Gasteiger charge is 2.28. The predicted octanol–water partition coefficient (Wildman–Crippen LogP) is 1.19. The number of para-hydroxylation sites is 2. The van der Waals surface area contributed by atoms with Gasteiger partial charge in [-0.05, 0) is 12.1 Å². The highest BCUT2D eigenvalue weighted by molar-refractivity contribution is 7.88. The molecular weight excluding hydrogens is 396 g/mol. The lowest BCUT2D eigenvalue weighted by molar-refractivity contribution is 0.201. The van der Waals surface area contributed by atoms with E-state index in [9.17, 15) is 18.3 Å². The highest BCUT2D eigenvalue weighted by Crippen LogP contribution is 2.37. The van der Waals surface area contributed by atoms with Crippen LogP contribution in [0, 0.1) is 0 Å². The first-order valence-electron chi connectivity index (χ1n) is 9.24. The van der Waals surface area contributed by atoms with Gasteiger partial charge >= 0.3 is 6.09 Å². The minimum absolute atomic E-state index is 0.349. The van der Waals surface area contributed by atoms with E-state index in [0.717, 1.165) is 11.4 Å². The van der Waals surface area contributed by atoms with Crippen LogP contribution < -0.4 is 14.7 Å². The predicted molar refractivity (Wildman–Crippen MR) is 109 cm³/mol. The van der Waals surface area contributed by atoms with Gasteiger partial charge in [0.05, 0.1) is 35.7 Å². The first-order valence-corrected chi connectivity index (χ1v) is 11.1. The second-order valence-corrected chi connectivity index (χ2v) is 8.95. The quantitative estimate of drug-likeness (QED) is 0.792. The van der Waals surface area contributed by atoms with Crippen LogP contribution in [0.3, 0.4) is 0 Å². The number of aromatic nitrogens is 2. The minimum atomic E-state index is -3.18. The van der Waals surface area contributed by atoms with Crippen molar-refractivity contribution in [3.8, 4) is 0 Å². The average molecular weight is 418 g/mol. The Kier molecular flexibility index (Phi) is 5.01. The Bertz CT molecular complexity index is 1010. The molecule has 0 atom stereocenters. The number of rotatable bonds is 3. The summed E-state index contributed by atoms with van der Waals surface area (Å²) in [4.78, 5) is 25.7. The molecule has 2 aromatic rings. The standard InChI is InChI=1S/C18H22N6O4S/c1-29(27,28)22-8-6-21(7-9-22)17-19-12-14(13-20-17)23-10-11-24(18(25)26)16-5-3-2-4-15(16)23/h2-5,12-13H,6-11H2,1H3,(H,25,26). The molecule has 0 bridgehead atoms. The minimum Gasteiger partial charge on any atom is -0.465 e. The van der Waals surface area contributed by atoms with Crippen LogP contribution in [0.5, 0.6) is 0 Å². The van der Waals surface area contributed by atoms with Crippen LogP contribution in [-0.2, 0) is 10.0 Å². The number of anilines is 4. The first-order chi connectivity index (χ1) is 13.8. The maximum atomic E-state index is 11.6. The van der Waals surface area contributed by atoms with E-state index in [1.54, 1.807) is 18.5 Å². The molecule has 11 heteroatoms. The normalized spacial score (nSPS) is 17.9. The summed E-state index contributed by atoms with van der Waals surface area (Å²) in [6.07, 6.45) is 3.68. The monoisotopic (exact) mass is 418 g/mol. The lowest BCUT2D eigenvalue weighted by atomic mass is 10.1. The SMILES string of the molecule is CS(=O)(=O)N1CCN(c2ncc(N3CCN(C(=O)O)c4ccccc43)cn2)CC1. The molecule has 0 radical (unpaired) electrons. The zero-order valence-electron chi connectivity index (χ0n) is 16.0. The van der Waals surface area contributed by atoms with Gasteiger partial charge in [0.25, 0.3) is 0 Å². The van der Waals surface area contributed by atoms with Crippen molar-refractivity contribution in [2.24, 2.45) is 0 Å². The Labute approximate surface area is 169 Å². The van der Waals surface area contributed by atoms with E-state index in [-0.39, 0.29) is 0 Å². The van der Waals surface area contributed by atoms with E-state index in [1.165, 1.54) is 15.5 Å². The number of nitrogens with zero attached hydrogens (tertiary/aromatic N) is 6. The summed E-state index contributed by atoms with van der Waals surface area (Å²) in [7, 11) is -3.18. The van der Waals surface area contributed by atoms with Crippen molar-refractivity contribution in [3.05, 3.63) is 36.7 Å². The number of carbonyl (C=O) groups is 1. The van der Waals surface area contributed by atoms with Gasteiger partial charge in [0.15, 0.2) is 0 Å². The molecular formula is C18H22N6O4S. The number of benzene rings is 1. The van der Waals surface area contributed by atoms with Crippen LogP contribution in [0.25, 0.3) is 0 Å². The third-order valence-electron chi connectivity index (χ3n) is 5.17. The smallest absolute Gasteiger partial charge is 0.411 e. The van der Waals surface area contributed by atoms with E-state index in [4.69, 9.17) is 0 Å². The van der Waals surface area contributed by atoms with Gasteiger partial charge in [0, 0.05) is 39.3 Å². The van der Waals surface area contributed by atoms with E-state index in [0.29, 0.717) is 50.9 Å². The summed E-state index contributed by atoms with van der Waals surface area (Å²) in [5.74, 6) is 0.555. The Morgan fingerprint density at radius 2 is 1.59 bits per heavy atom. The summed E-state index contributed by atoms with van der Waals surface area (Å²) < 4.78 is 24.7. The van der Waals surface area contributed by atoms with Gasteiger partial charge in [-0.2, -0.15) is 4.31 Å². The second kappa shape index (κ2) is 7.48. The zero-order valence-corrected chi connectivity index (χ0v) is 16.8. The molecule has 1 aromatic carbocycles. The maximum Gasteiger partial charge on any atom is 0.411 e. The van der Waals surface area contributed by atoms with Crippen LogP contribution in [0.4, 0.5) is 27.8 Å². The summed E-state index contributed by atoms with van der Waals surface area (Å²) in [6, 6.07) is 7.34. The Morgan fingerprint density at radius 3 is 2.17 bits per heavy atom. The molecule has 3 heterocycles. The molecule has 1 N–H and O–H groups in total. The second-order valence-electron chi connectivity index (χ2n) is 6.96. The zero-order chi connectivity index (χ0) is 20.6. The number of amides is 1. The molecule has 1 aromatic heterocycles. The molecule has 0 spiro atoms. The van der Waals surface area contributed by atoms with Crippen molar-refractivity contribution in [2.75, 3.05) is 60.2 Å². The molecule has 2 aliphatic rings. The molecule has 154 valence electrons. The lowest BCUT2D eigenvalue weighted by Crippen LogP contribution is -2.48. The molecule has 10 nitrogen and oxygen atoms in total. The molecule has 0 saturated carbocycles. The van der Waals surface area contributed by atoms with Crippen molar-refractivity contribution in [3.63, 3.8) is 0 Å². The summed E-state index contributed by atoms with van der Waals surface area (Å²) in [5, 5.41) is 9.43. The fourth-order valence-electron chi connectivity index (χ4n) is 3.67. The molecule has 0 unspecified atom stereocenters. The van der Waals surface area contributed by atoms with Crippen LogP contribution in [0.15, 0.2) is 36.7 Å². The summed E-state index contributed by atoms with van der Waals surface area (Å²) in [5.41, 5.74) is 2.20. The number of sulfonamides is 1. The molecule has 1 fully saturated rings. The van der Waals surface area contributed by atoms with Gasteiger partial charge in [-0.25, -0.2) is 23.2 Å². The van der Waals surface area contributed by atoms with E-state index < -0.39 is 16.1 Å². The van der Waals surface area contributed by atoms with Gasteiger partial charge in [0.2, 0.25) is 16.0 Å². The van der Waals surface area contributed by atoms with Crippen LogP contribution >= 0.6 is 0 Å². The molecule has 1 amide bonds. The fraction of sp³-hybridized carbons (Fsp3) is 0.389. The molecule has 29 heavy (non-hydrogen) atoms. The molecule has 2 aliphatic heterocycles. The average Bonchev–Trinajstić information content (AvgIpc) is 2.72. The molecule has 1 saturated heterocycles. The van der Waals surface area contributed by atoms with Crippen molar-refractivity contribution < 1.29 is 18.3 Å². The third-order valence-corrected chi connectivity index (χ3v) is 6.47. The van der Waals surface area contributed by atoms with Gasteiger partial charge in [-0.15, -0.1) is 0 Å². The summed E-state index contributed by atoms with van der Waals surface area (Å²) >= 11 is 0. The number of carboxylic acid groups (broad SMARTS) is 1. The lowest BCUT2D eigenvalue weighted by Gasteiger charge is -2.36. The van der Waals surface area contributed by atoms with Crippen LogP contribution in [0.1, 0.15) is 0 Å². The topological polar surface area (TPSA) is 110 Å². The highest BCUT2D eigenvalue weighted by atomic mass is 32.2. The van der Waals surface area contributed by atoms with E-state index in [2.05, 4.69) is 9.97 Å². The van der Waals surface area contributed by atoms with E-state index >= 15 is 0 Å². The van der Waals surface area contributed by atoms with Crippen molar-refractivity contribution in [1.82, 2.24) is 14.3 Å².